The zero-order chi connectivity index (χ0) is 20.3. The van der Waals surface area contributed by atoms with Gasteiger partial charge in [-0.3, -0.25) is 9.69 Å². The molecule has 7 heteroatoms. The molecule has 2 aromatic carbocycles. The number of rotatable bonds is 4. The van der Waals surface area contributed by atoms with Crippen molar-refractivity contribution in [2.45, 2.75) is 6.92 Å². The number of ether oxygens (including phenoxy) is 2. The van der Waals surface area contributed by atoms with E-state index in [0.29, 0.717) is 21.3 Å². The first-order chi connectivity index (χ1) is 13.4. The summed E-state index contributed by atoms with van der Waals surface area (Å²) < 4.78 is 9.96. The minimum atomic E-state index is -0.401. The van der Waals surface area contributed by atoms with E-state index in [1.54, 1.807) is 38.4 Å². The number of methoxy groups -OCH3 is 2. The van der Waals surface area contributed by atoms with Crippen LogP contribution < -0.4 is 4.74 Å². The van der Waals surface area contributed by atoms with Gasteiger partial charge in [0.25, 0.3) is 5.91 Å². The quantitative estimate of drug-likeness (QED) is 0.577. The maximum absolute atomic E-state index is 12.6. The van der Waals surface area contributed by atoms with Gasteiger partial charge in [-0.2, -0.15) is 0 Å². The third-order valence-electron chi connectivity index (χ3n) is 4.23. The third kappa shape index (κ3) is 4.09. The highest BCUT2D eigenvalue weighted by Gasteiger charge is 2.30. The molecule has 0 saturated carbocycles. The van der Waals surface area contributed by atoms with Crippen molar-refractivity contribution in [1.29, 1.82) is 0 Å². The van der Waals surface area contributed by atoms with Crippen LogP contribution in [0.5, 0.6) is 5.75 Å². The molecule has 0 aromatic heterocycles. The van der Waals surface area contributed by atoms with Crippen LogP contribution in [-0.4, -0.2) is 43.2 Å². The highest BCUT2D eigenvalue weighted by Crippen LogP contribution is 2.33. The van der Waals surface area contributed by atoms with Gasteiger partial charge in [-0.15, -0.1) is 0 Å². The number of esters is 1. The van der Waals surface area contributed by atoms with Gasteiger partial charge in [0.15, 0.2) is 5.17 Å². The lowest BCUT2D eigenvalue weighted by Crippen LogP contribution is -2.23. The molecule has 1 heterocycles. The van der Waals surface area contributed by atoms with E-state index in [2.05, 4.69) is 9.73 Å². The first-order valence-corrected chi connectivity index (χ1v) is 9.34. The molecule has 144 valence electrons. The number of hydrogen-bond acceptors (Lipinski definition) is 6. The number of likely N-dealkylation sites (N-methyl/N-ethyl adjacent to an activating group) is 1. The van der Waals surface area contributed by atoms with E-state index >= 15 is 0 Å². The van der Waals surface area contributed by atoms with E-state index in [9.17, 15) is 9.59 Å². The van der Waals surface area contributed by atoms with Crippen LogP contribution in [-0.2, 0) is 9.53 Å². The summed E-state index contributed by atoms with van der Waals surface area (Å²) in [5.41, 5.74) is 3.02. The van der Waals surface area contributed by atoms with E-state index in [-0.39, 0.29) is 5.91 Å². The second-order valence-corrected chi connectivity index (χ2v) is 7.15. The molecular weight excluding hydrogens is 376 g/mol. The molecule has 0 radical (unpaired) electrons. The van der Waals surface area contributed by atoms with Crippen molar-refractivity contribution in [1.82, 2.24) is 4.90 Å². The lowest BCUT2D eigenvalue weighted by atomic mass is 10.1. The number of carbonyl (C=O) groups is 2. The standard InChI is InChI=1S/C21H20N2O4S/c1-13-11-14(5-10-17(13)26-3)12-18-19(24)23(2)21(28-18)22-16-8-6-15(7-9-16)20(25)27-4/h5-12H,1-4H3. The summed E-state index contributed by atoms with van der Waals surface area (Å²) >= 11 is 1.31. The summed E-state index contributed by atoms with van der Waals surface area (Å²) in [5.74, 6) is 0.299. The Labute approximate surface area is 167 Å². The normalized spacial score (nSPS) is 16.7. The maximum Gasteiger partial charge on any atom is 0.337 e. The Morgan fingerprint density at radius 1 is 1.14 bits per heavy atom. The first-order valence-electron chi connectivity index (χ1n) is 8.52. The summed E-state index contributed by atoms with van der Waals surface area (Å²) in [4.78, 5) is 30.7. The number of nitrogens with zero attached hydrogens (tertiary/aromatic N) is 2. The SMILES string of the molecule is COC(=O)c1ccc(N=C2SC(=Cc3ccc(OC)c(C)c3)C(=O)N2C)cc1. The lowest BCUT2D eigenvalue weighted by molar-refractivity contribution is -0.121. The van der Waals surface area contributed by atoms with Crippen LogP contribution in [0.15, 0.2) is 52.4 Å². The van der Waals surface area contributed by atoms with Crippen LogP contribution in [0.4, 0.5) is 5.69 Å². The van der Waals surface area contributed by atoms with Crippen molar-refractivity contribution in [3.8, 4) is 5.75 Å². The van der Waals surface area contributed by atoms with Gasteiger partial charge in [-0.1, -0.05) is 6.07 Å². The fourth-order valence-corrected chi connectivity index (χ4v) is 3.68. The average Bonchev–Trinajstić information content (AvgIpc) is 2.96. The molecule has 3 rings (SSSR count). The highest BCUT2D eigenvalue weighted by molar-refractivity contribution is 8.18. The number of amides is 1. The Bertz CT molecular complexity index is 980. The van der Waals surface area contributed by atoms with Crippen LogP contribution in [0.2, 0.25) is 0 Å². The van der Waals surface area contributed by atoms with Crippen LogP contribution in [0.25, 0.3) is 6.08 Å². The fraction of sp³-hybridized carbons (Fsp3) is 0.190. The molecule has 0 unspecified atom stereocenters. The fourth-order valence-electron chi connectivity index (χ4n) is 2.69. The summed E-state index contributed by atoms with van der Waals surface area (Å²) in [7, 11) is 4.66. The predicted molar refractivity (Wildman–Crippen MR) is 111 cm³/mol. The van der Waals surface area contributed by atoms with E-state index in [4.69, 9.17) is 4.74 Å². The van der Waals surface area contributed by atoms with Crippen molar-refractivity contribution >= 4 is 40.6 Å². The minimum absolute atomic E-state index is 0.108. The van der Waals surface area contributed by atoms with Crippen molar-refractivity contribution in [2.24, 2.45) is 4.99 Å². The molecule has 0 aliphatic carbocycles. The first kappa shape index (κ1) is 19.7. The molecular formula is C21H20N2O4S. The number of hydrogen-bond donors (Lipinski definition) is 0. The molecule has 6 nitrogen and oxygen atoms in total. The van der Waals surface area contributed by atoms with Crippen molar-refractivity contribution < 1.29 is 19.1 Å². The Morgan fingerprint density at radius 2 is 1.86 bits per heavy atom. The van der Waals surface area contributed by atoms with Crippen molar-refractivity contribution in [2.75, 3.05) is 21.3 Å². The number of carbonyl (C=O) groups excluding carboxylic acids is 2. The van der Waals surface area contributed by atoms with Crippen molar-refractivity contribution in [3.05, 3.63) is 64.1 Å². The van der Waals surface area contributed by atoms with Gasteiger partial charge in [0.1, 0.15) is 5.75 Å². The van der Waals surface area contributed by atoms with Gasteiger partial charge < -0.3 is 9.47 Å². The number of amidine groups is 1. The molecule has 1 saturated heterocycles. The highest BCUT2D eigenvalue weighted by atomic mass is 32.2. The summed E-state index contributed by atoms with van der Waals surface area (Å²) in [5, 5.41) is 0.576. The zero-order valence-corrected chi connectivity index (χ0v) is 16.9. The molecule has 0 N–H and O–H groups in total. The molecule has 1 aliphatic rings. The zero-order valence-electron chi connectivity index (χ0n) is 16.1. The van der Waals surface area contributed by atoms with Crippen LogP contribution in [0.3, 0.4) is 0 Å². The van der Waals surface area contributed by atoms with Crippen LogP contribution in [0.1, 0.15) is 21.5 Å². The van der Waals surface area contributed by atoms with Gasteiger partial charge in [-0.05, 0) is 72.3 Å². The minimum Gasteiger partial charge on any atom is -0.496 e. The maximum atomic E-state index is 12.6. The molecule has 2 aromatic rings. The molecule has 1 amide bonds. The summed E-state index contributed by atoms with van der Waals surface area (Å²) in [6.07, 6.45) is 1.85. The molecule has 1 fully saturated rings. The topological polar surface area (TPSA) is 68.2 Å². The van der Waals surface area contributed by atoms with Crippen molar-refractivity contribution in [3.63, 3.8) is 0 Å². The summed E-state index contributed by atoms with van der Waals surface area (Å²) in [6.45, 7) is 1.96. The smallest absolute Gasteiger partial charge is 0.337 e. The Kier molecular flexibility index (Phi) is 5.84. The van der Waals surface area contributed by atoms with E-state index in [0.717, 1.165) is 16.9 Å². The molecule has 0 spiro atoms. The van der Waals surface area contributed by atoms with E-state index in [1.807, 2.05) is 31.2 Å². The van der Waals surface area contributed by atoms with E-state index < -0.39 is 5.97 Å². The predicted octanol–water partition coefficient (Wildman–Crippen LogP) is 4.02. The molecule has 1 aliphatic heterocycles. The second kappa shape index (κ2) is 8.31. The lowest BCUT2D eigenvalue weighted by Gasteiger charge is -2.07. The molecule has 0 bridgehead atoms. The second-order valence-electron chi connectivity index (χ2n) is 6.14. The van der Waals surface area contributed by atoms with E-state index in [1.165, 1.54) is 23.8 Å². The third-order valence-corrected chi connectivity index (χ3v) is 5.29. The summed E-state index contributed by atoms with van der Waals surface area (Å²) in [6, 6.07) is 12.5. The number of aryl methyl sites for hydroxylation is 1. The van der Waals surface area contributed by atoms with Crippen LogP contribution in [0, 0.1) is 6.92 Å². The van der Waals surface area contributed by atoms with Gasteiger partial charge in [0.05, 0.1) is 30.4 Å². The monoisotopic (exact) mass is 396 g/mol. The van der Waals surface area contributed by atoms with Crippen LogP contribution >= 0.6 is 11.8 Å². The number of aliphatic imine (C=N–C) groups is 1. The van der Waals surface area contributed by atoms with Gasteiger partial charge >= 0.3 is 5.97 Å². The Hall–Kier alpha value is -3.06. The Balaban J connectivity index is 1.83. The number of thioether (sulfide) groups is 1. The largest absolute Gasteiger partial charge is 0.496 e. The number of benzene rings is 2. The molecule has 28 heavy (non-hydrogen) atoms. The average molecular weight is 396 g/mol. The van der Waals surface area contributed by atoms with Gasteiger partial charge in [0, 0.05) is 7.05 Å². The molecule has 0 atom stereocenters. The Morgan fingerprint density at radius 3 is 2.46 bits per heavy atom. The van der Waals surface area contributed by atoms with Gasteiger partial charge in [0.2, 0.25) is 0 Å². The van der Waals surface area contributed by atoms with Gasteiger partial charge in [-0.25, -0.2) is 9.79 Å².